The van der Waals surface area contributed by atoms with Crippen LogP contribution in [0.5, 0.6) is 0 Å². The highest BCUT2D eigenvalue weighted by molar-refractivity contribution is 8.14. The SMILES string of the molecule is CCC(O)C1CSC(c2cc3cc(Cl)cc(NC4CCCC4)c3[nH]2)=N1. The number of rotatable bonds is 5. The minimum Gasteiger partial charge on any atom is -0.391 e. The van der Waals surface area contributed by atoms with Crippen molar-refractivity contribution >= 4 is 45.0 Å². The minimum absolute atomic E-state index is 0.00363. The van der Waals surface area contributed by atoms with E-state index in [0.717, 1.165) is 44.5 Å². The van der Waals surface area contributed by atoms with Crippen LogP contribution < -0.4 is 5.32 Å². The summed E-state index contributed by atoms with van der Waals surface area (Å²) in [6.07, 6.45) is 5.42. The van der Waals surface area contributed by atoms with Gasteiger partial charge in [-0.05, 0) is 37.5 Å². The van der Waals surface area contributed by atoms with Gasteiger partial charge >= 0.3 is 0 Å². The molecule has 0 spiro atoms. The first kappa shape index (κ1) is 17.3. The molecule has 2 aromatic rings. The molecule has 1 fully saturated rings. The molecule has 2 aliphatic rings. The second-order valence-electron chi connectivity index (χ2n) is 7.01. The van der Waals surface area contributed by atoms with Crippen molar-refractivity contribution in [1.82, 2.24) is 4.98 Å². The zero-order valence-corrected chi connectivity index (χ0v) is 16.0. The molecule has 1 aliphatic carbocycles. The molecule has 6 heteroatoms. The molecule has 0 amide bonds. The molecule has 2 heterocycles. The van der Waals surface area contributed by atoms with E-state index >= 15 is 0 Å². The number of H-pyrrole nitrogens is 1. The first-order chi connectivity index (χ1) is 12.1. The van der Waals surface area contributed by atoms with Crippen LogP contribution in [0.3, 0.4) is 0 Å². The third-order valence-corrected chi connectivity index (χ3v) is 6.50. The highest BCUT2D eigenvalue weighted by Gasteiger charge is 2.26. The van der Waals surface area contributed by atoms with Crippen LogP contribution in [0.25, 0.3) is 10.9 Å². The van der Waals surface area contributed by atoms with E-state index in [1.54, 1.807) is 11.8 Å². The van der Waals surface area contributed by atoms with Gasteiger partial charge < -0.3 is 15.4 Å². The van der Waals surface area contributed by atoms with Crippen molar-refractivity contribution < 1.29 is 5.11 Å². The van der Waals surface area contributed by atoms with Crippen LogP contribution in [0, 0.1) is 0 Å². The summed E-state index contributed by atoms with van der Waals surface area (Å²) in [7, 11) is 0. The number of benzene rings is 1. The molecule has 1 aromatic carbocycles. The second-order valence-corrected chi connectivity index (χ2v) is 8.46. The van der Waals surface area contributed by atoms with Crippen molar-refractivity contribution in [3.8, 4) is 0 Å². The van der Waals surface area contributed by atoms with Gasteiger partial charge in [0, 0.05) is 22.2 Å². The summed E-state index contributed by atoms with van der Waals surface area (Å²) in [5.74, 6) is 0.841. The first-order valence-electron chi connectivity index (χ1n) is 9.12. The number of hydrogen-bond acceptors (Lipinski definition) is 4. The Hall–Kier alpha value is -1.17. The molecule has 0 bridgehead atoms. The summed E-state index contributed by atoms with van der Waals surface area (Å²) in [6.45, 7) is 1.99. The predicted molar refractivity (Wildman–Crippen MR) is 108 cm³/mol. The summed E-state index contributed by atoms with van der Waals surface area (Å²) >= 11 is 8.05. The molecule has 4 nitrogen and oxygen atoms in total. The molecule has 134 valence electrons. The zero-order chi connectivity index (χ0) is 17.4. The van der Waals surface area contributed by atoms with Crippen molar-refractivity contribution in [2.24, 2.45) is 4.99 Å². The summed E-state index contributed by atoms with van der Waals surface area (Å²) in [5.41, 5.74) is 3.19. The van der Waals surface area contributed by atoms with Gasteiger partial charge in [-0.15, -0.1) is 11.8 Å². The highest BCUT2D eigenvalue weighted by Crippen LogP contribution is 2.33. The summed E-state index contributed by atoms with van der Waals surface area (Å²) in [4.78, 5) is 8.26. The molecule has 0 saturated heterocycles. The van der Waals surface area contributed by atoms with E-state index in [1.807, 2.05) is 19.1 Å². The van der Waals surface area contributed by atoms with Crippen molar-refractivity contribution in [2.45, 2.75) is 57.2 Å². The molecule has 1 aromatic heterocycles. The van der Waals surface area contributed by atoms with E-state index in [2.05, 4.69) is 16.4 Å². The van der Waals surface area contributed by atoms with Crippen molar-refractivity contribution in [2.75, 3.05) is 11.1 Å². The minimum atomic E-state index is -0.358. The number of aromatic nitrogens is 1. The van der Waals surface area contributed by atoms with Gasteiger partial charge in [-0.25, -0.2) is 0 Å². The maximum Gasteiger partial charge on any atom is 0.115 e. The smallest absolute Gasteiger partial charge is 0.115 e. The molecular weight excluding hydrogens is 354 g/mol. The topological polar surface area (TPSA) is 60.4 Å². The fourth-order valence-corrected chi connectivity index (χ4v) is 5.06. The average molecular weight is 378 g/mol. The fourth-order valence-electron chi connectivity index (χ4n) is 3.73. The van der Waals surface area contributed by atoms with Crippen LogP contribution >= 0.6 is 23.4 Å². The van der Waals surface area contributed by atoms with E-state index in [9.17, 15) is 5.11 Å². The molecular formula is C19H24ClN3OS. The van der Waals surface area contributed by atoms with Gasteiger partial charge in [-0.1, -0.05) is 31.4 Å². The Morgan fingerprint density at radius 3 is 2.92 bits per heavy atom. The van der Waals surface area contributed by atoms with Crippen LogP contribution in [0.2, 0.25) is 5.02 Å². The standard InChI is InChI=1S/C19H24ClN3OS/c1-2-17(24)16-10-25-19(23-16)15-8-11-7-12(20)9-14(18(11)22-15)21-13-5-3-4-6-13/h7-9,13,16-17,21-22,24H,2-6,10H2,1H3. The van der Waals surface area contributed by atoms with Gasteiger partial charge in [0.2, 0.25) is 0 Å². The Bertz CT molecular complexity index is 797. The quantitative estimate of drug-likeness (QED) is 0.700. The zero-order valence-electron chi connectivity index (χ0n) is 14.4. The van der Waals surface area contributed by atoms with Gasteiger partial charge in [-0.2, -0.15) is 0 Å². The first-order valence-corrected chi connectivity index (χ1v) is 10.5. The highest BCUT2D eigenvalue weighted by atomic mass is 35.5. The van der Waals surface area contributed by atoms with E-state index in [4.69, 9.17) is 16.6 Å². The second kappa shape index (κ2) is 7.22. The van der Waals surface area contributed by atoms with E-state index < -0.39 is 0 Å². The fraction of sp³-hybridized carbons (Fsp3) is 0.526. The average Bonchev–Trinajstić information content (AvgIpc) is 3.33. The number of thioether (sulfide) groups is 1. The summed E-state index contributed by atoms with van der Waals surface area (Å²) in [6, 6.07) is 6.66. The van der Waals surface area contributed by atoms with Crippen molar-refractivity contribution in [3.63, 3.8) is 0 Å². The van der Waals surface area contributed by atoms with Crippen molar-refractivity contribution in [3.05, 3.63) is 28.9 Å². The number of nitrogens with zero attached hydrogens (tertiary/aromatic N) is 1. The number of anilines is 1. The molecule has 2 unspecified atom stereocenters. The Morgan fingerprint density at radius 2 is 2.16 bits per heavy atom. The predicted octanol–water partition coefficient (Wildman–Crippen LogP) is 4.81. The van der Waals surface area contributed by atoms with Crippen LogP contribution in [0.4, 0.5) is 5.69 Å². The largest absolute Gasteiger partial charge is 0.391 e. The number of aliphatic hydroxyl groups excluding tert-OH is 1. The van der Waals surface area contributed by atoms with Gasteiger partial charge in [0.1, 0.15) is 5.04 Å². The van der Waals surface area contributed by atoms with Crippen molar-refractivity contribution in [1.29, 1.82) is 0 Å². The lowest BCUT2D eigenvalue weighted by Gasteiger charge is -2.14. The van der Waals surface area contributed by atoms with Crippen LogP contribution in [-0.2, 0) is 0 Å². The molecule has 1 saturated carbocycles. The van der Waals surface area contributed by atoms with Crippen LogP contribution in [-0.4, -0.2) is 39.1 Å². The number of aromatic amines is 1. The van der Waals surface area contributed by atoms with E-state index in [0.29, 0.717) is 6.04 Å². The lowest BCUT2D eigenvalue weighted by atomic mass is 10.1. The van der Waals surface area contributed by atoms with Crippen LogP contribution in [0.15, 0.2) is 23.2 Å². The van der Waals surface area contributed by atoms with Gasteiger partial charge in [0.05, 0.1) is 29.0 Å². The number of fused-ring (bicyclic) bond motifs is 1. The molecule has 1 aliphatic heterocycles. The van der Waals surface area contributed by atoms with E-state index in [-0.39, 0.29) is 12.1 Å². The number of hydrogen-bond donors (Lipinski definition) is 3. The summed E-state index contributed by atoms with van der Waals surface area (Å²) in [5, 5.41) is 16.5. The number of aliphatic imine (C=N–C) groups is 1. The molecule has 3 N–H and O–H groups in total. The monoisotopic (exact) mass is 377 g/mol. The third-order valence-electron chi connectivity index (χ3n) is 5.17. The number of aliphatic hydroxyl groups is 1. The van der Waals surface area contributed by atoms with Gasteiger partial charge in [0.25, 0.3) is 0 Å². The normalized spacial score (nSPS) is 22.5. The molecule has 0 radical (unpaired) electrons. The summed E-state index contributed by atoms with van der Waals surface area (Å²) < 4.78 is 0. The van der Waals surface area contributed by atoms with Gasteiger partial charge in [-0.3, -0.25) is 4.99 Å². The number of halogens is 1. The maximum absolute atomic E-state index is 10.0. The lowest BCUT2D eigenvalue weighted by Crippen LogP contribution is -2.23. The Balaban J connectivity index is 1.65. The molecule has 25 heavy (non-hydrogen) atoms. The van der Waals surface area contributed by atoms with Gasteiger partial charge in [0.15, 0.2) is 0 Å². The van der Waals surface area contributed by atoms with E-state index in [1.165, 1.54) is 25.7 Å². The Morgan fingerprint density at radius 1 is 1.36 bits per heavy atom. The maximum atomic E-state index is 10.0. The van der Waals surface area contributed by atoms with Crippen LogP contribution in [0.1, 0.15) is 44.7 Å². The number of nitrogens with one attached hydrogen (secondary N) is 2. The lowest BCUT2D eigenvalue weighted by molar-refractivity contribution is 0.150. The molecule has 2 atom stereocenters. The molecule has 4 rings (SSSR count). The Kier molecular flexibility index (Phi) is 4.98. The third kappa shape index (κ3) is 3.55. The Labute approximate surface area is 157 Å².